The Morgan fingerprint density at radius 3 is 2.08 bits per heavy atom. The van der Waals surface area contributed by atoms with E-state index in [1.54, 1.807) is 12.4 Å². The van der Waals surface area contributed by atoms with Crippen LogP contribution in [0.4, 0.5) is 5.82 Å². The van der Waals surface area contributed by atoms with Gasteiger partial charge in [0, 0.05) is 24.9 Å². The third kappa shape index (κ3) is 3.70. The fourth-order valence-corrected chi connectivity index (χ4v) is 3.19. The number of rotatable bonds is 6. The van der Waals surface area contributed by atoms with Gasteiger partial charge in [-0.3, -0.25) is 4.98 Å². The number of pyridine rings is 1. The van der Waals surface area contributed by atoms with Crippen molar-refractivity contribution in [3.8, 4) is 0 Å². The number of fused-ring (bicyclic) bond motifs is 1. The van der Waals surface area contributed by atoms with Crippen molar-refractivity contribution in [2.75, 3.05) is 11.9 Å². The van der Waals surface area contributed by atoms with E-state index in [4.69, 9.17) is 0 Å². The standard InChI is InChI=1S/C22H20N4/c1-3-7-17(8-4-1)19(18-9-5-2-6-10-18)13-14-24-21-12-11-20-22(26-21)25-16-15-23-20/h1-12,15-16,19H,13-14H2,(H,24,25,26). The van der Waals surface area contributed by atoms with Crippen LogP contribution in [0.3, 0.4) is 0 Å². The minimum atomic E-state index is 0.352. The molecule has 0 radical (unpaired) electrons. The van der Waals surface area contributed by atoms with Crippen LogP contribution in [-0.4, -0.2) is 21.5 Å². The highest BCUT2D eigenvalue weighted by atomic mass is 15.0. The molecule has 0 spiro atoms. The predicted molar refractivity (Wildman–Crippen MR) is 105 cm³/mol. The van der Waals surface area contributed by atoms with E-state index in [1.807, 2.05) is 12.1 Å². The summed E-state index contributed by atoms with van der Waals surface area (Å²) in [5.41, 5.74) is 4.14. The van der Waals surface area contributed by atoms with E-state index in [-0.39, 0.29) is 0 Å². The maximum atomic E-state index is 4.53. The lowest BCUT2D eigenvalue weighted by atomic mass is 9.88. The van der Waals surface area contributed by atoms with Crippen LogP contribution in [0.15, 0.2) is 85.2 Å². The molecule has 26 heavy (non-hydrogen) atoms. The van der Waals surface area contributed by atoms with Crippen LogP contribution in [0.5, 0.6) is 0 Å². The molecule has 4 nitrogen and oxygen atoms in total. The molecule has 0 atom stereocenters. The van der Waals surface area contributed by atoms with E-state index in [0.29, 0.717) is 11.6 Å². The molecule has 0 aliphatic rings. The number of hydrogen-bond donors (Lipinski definition) is 1. The van der Waals surface area contributed by atoms with Crippen molar-refractivity contribution in [2.24, 2.45) is 0 Å². The Balaban J connectivity index is 1.49. The highest BCUT2D eigenvalue weighted by molar-refractivity contribution is 5.71. The predicted octanol–water partition coefficient (Wildman–Crippen LogP) is 4.66. The number of nitrogens with zero attached hydrogens (tertiary/aromatic N) is 3. The molecule has 0 aliphatic carbocycles. The Kier molecular flexibility index (Phi) is 4.83. The summed E-state index contributed by atoms with van der Waals surface area (Å²) in [6, 6.07) is 25.2. The lowest BCUT2D eigenvalue weighted by Crippen LogP contribution is -2.10. The van der Waals surface area contributed by atoms with Crippen LogP contribution >= 0.6 is 0 Å². The summed E-state index contributed by atoms with van der Waals surface area (Å²) in [6.07, 6.45) is 4.33. The third-order valence-corrected chi connectivity index (χ3v) is 4.47. The SMILES string of the molecule is c1ccc(C(CCNc2ccc3nccnc3n2)c2ccccc2)cc1. The van der Waals surface area contributed by atoms with Gasteiger partial charge in [-0.05, 0) is 29.7 Å². The van der Waals surface area contributed by atoms with Gasteiger partial charge in [0.15, 0.2) is 5.65 Å². The monoisotopic (exact) mass is 340 g/mol. The topological polar surface area (TPSA) is 50.7 Å². The van der Waals surface area contributed by atoms with Gasteiger partial charge in [-0.25, -0.2) is 9.97 Å². The normalized spacial score (nSPS) is 11.0. The lowest BCUT2D eigenvalue weighted by molar-refractivity contribution is 0.743. The van der Waals surface area contributed by atoms with Crippen molar-refractivity contribution in [2.45, 2.75) is 12.3 Å². The summed E-state index contributed by atoms with van der Waals surface area (Å²) < 4.78 is 0. The molecule has 0 saturated carbocycles. The van der Waals surface area contributed by atoms with Crippen molar-refractivity contribution >= 4 is 17.0 Å². The number of nitrogens with one attached hydrogen (secondary N) is 1. The number of anilines is 1. The zero-order valence-electron chi connectivity index (χ0n) is 14.4. The van der Waals surface area contributed by atoms with Crippen molar-refractivity contribution in [3.63, 3.8) is 0 Å². The summed E-state index contributed by atoms with van der Waals surface area (Å²) in [7, 11) is 0. The molecule has 0 bridgehead atoms. The summed E-state index contributed by atoms with van der Waals surface area (Å²) >= 11 is 0. The summed E-state index contributed by atoms with van der Waals surface area (Å²) in [4.78, 5) is 13.1. The minimum Gasteiger partial charge on any atom is -0.370 e. The second-order valence-corrected chi connectivity index (χ2v) is 6.18. The molecular weight excluding hydrogens is 320 g/mol. The quantitative estimate of drug-likeness (QED) is 0.555. The third-order valence-electron chi connectivity index (χ3n) is 4.47. The van der Waals surface area contributed by atoms with Crippen LogP contribution in [-0.2, 0) is 0 Å². The van der Waals surface area contributed by atoms with E-state index in [1.165, 1.54) is 11.1 Å². The summed E-state index contributed by atoms with van der Waals surface area (Å²) in [5.74, 6) is 1.18. The fourth-order valence-electron chi connectivity index (χ4n) is 3.19. The van der Waals surface area contributed by atoms with Gasteiger partial charge in [-0.15, -0.1) is 0 Å². The van der Waals surface area contributed by atoms with Gasteiger partial charge in [-0.1, -0.05) is 60.7 Å². The molecule has 0 aliphatic heterocycles. The van der Waals surface area contributed by atoms with Crippen molar-refractivity contribution in [3.05, 3.63) is 96.3 Å². The average molecular weight is 340 g/mol. The maximum absolute atomic E-state index is 4.53. The lowest BCUT2D eigenvalue weighted by Gasteiger charge is -2.18. The van der Waals surface area contributed by atoms with Crippen LogP contribution in [0, 0.1) is 0 Å². The van der Waals surface area contributed by atoms with Crippen LogP contribution in [0.2, 0.25) is 0 Å². The maximum Gasteiger partial charge on any atom is 0.180 e. The van der Waals surface area contributed by atoms with Crippen molar-refractivity contribution < 1.29 is 0 Å². The highest BCUT2D eigenvalue weighted by Gasteiger charge is 2.13. The van der Waals surface area contributed by atoms with Gasteiger partial charge in [0.2, 0.25) is 0 Å². The van der Waals surface area contributed by atoms with E-state index in [2.05, 4.69) is 80.9 Å². The zero-order valence-corrected chi connectivity index (χ0v) is 14.4. The molecule has 128 valence electrons. The minimum absolute atomic E-state index is 0.352. The second-order valence-electron chi connectivity index (χ2n) is 6.18. The van der Waals surface area contributed by atoms with Crippen LogP contribution in [0.25, 0.3) is 11.2 Å². The molecule has 4 rings (SSSR count). The van der Waals surface area contributed by atoms with Gasteiger partial charge in [0.05, 0.1) is 0 Å². The Hall–Kier alpha value is -3.27. The van der Waals surface area contributed by atoms with Gasteiger partial charge in [-0.2, -0.15) is 0 Å². The van der Waals surface area contributed by atoms with Crippen LogP contribution in [0.1, 0.15) is 23.5 Å². The Labute approximate surface area is 153 Å². The van der Waals surface area contributed by atoms with Crippen molar-refractivity contribution in [1.29, 1.82) is 0 Å². The fraction of sp³-hybridized carbons (Fsp3) is 0.136. The van der Waals surface area contributed by atoms with E-state index in [9.17, 15) is 0 Å². The van der Waals surface area contributed by atoms with Gasteiger partial charge >= 0.3 is 0 Å². The Morgan fingerprint density at radius 1 is 0.731 bits per heavy atom. The van der Waals surface area contributed by atoms with Crippen molar-refractivity contribution in [1.82, 2.24) is 15.0 Å². The molecule has 0 fully saturated rings. The first-order valence-corrected chi connectivity index (χ1v) is 8.82. The van der Waals surface area contributed by atoms with Gasteiger partial charge < -0.3 is 5.32 Å². The first kappa shape index (κ1) is 16.2. The van der Waals surface area contributed by atoms with E-state index in [0.717, 1.165) is 24.3 Å². The first-order chi connectivity index (χ1) is 12.9. The summed E-state index contributed by atoms with van der Waals surface area (Å²) in [6.45, 7) is 0.827. The number of aromatic nitrogens is 3. The molecule has 4 aromatic rings. The van der Waals surface area contributed by atoms with Crippen LogP contribution < -0.4 is 5.32 Å². The molecule has 0 amide bonds. The molecule has 4 heteroatoms. The summed E-state index contributed by atoms with van der Waals surface area (Å²) in [5, 5.41) is 3.43. The first-order valence-electron chi connectivity index (χ1n) is 8.82. The molecule has 2 aromatic carbocycles. The average Bonchev–Trinajstić information content (AvgIpc) is 2.72. The number of hydrogen-bond acceptors (Lipinski definition) is 4. The zero-order chi connectivity index (χ0) is 17.6. The largest absolute Gasteiger partial charge is 0.370 e. The molecule has 0 unspecified atom stereocenters. The van der Waals surface area contributed by atoms with Gasteiger partial charge in [0.1, 0.15) is 11.3 Å². The highest BCUT2D eigenvalue weighted by Crippen LogP contribution is 2.27. The Bertz CT molecular complexity index is 931. The smallest absolute Gasteiger partial charge is 0.180 e. The number of benzene rings is 2. The molecule has 0 saturated heterocycles. The Morgan fingerprint density at radius 2 is 1.38 bits per heavy atom. The van der Waals surface area contributed by atoms with E-state index < -0.39 is 0 Å². The van der Waals surface area contributed by atoms with E-state index >= 15 is 0 Å². The molecule has 1 N–H and O–H groups in total. The molecule has 2 heterocycles. The molecule has 2 aromatic heterocycles. The molecular formula is C22H20N4. The van der Waals surface area contributed by atoms with Gasteiger partial charge in [0.25, 0.3) is 0 Å². The second kappa shape index (κ2) is 7.74.